The first-order chi connectivity index (χ1) is 5.90. The molecule has 4 nitrogen and oxygen atoms in total. The Bertz CT molecular complexity index is 382. The van der Waals surface area contributed by atoms with Crippen molar-refractivity contribution in [2.24, 2.45) is 0 Å². The van der Waals surface area contributed by atoms with E-state index in [1.54, 1.807) is 0 Å². The van der Waals surface area contributed by atoms with Crippen LogP contribution < -0.4 is 0 Å². The average molecular weight is 163 g/mol. The highest BCUT2D eigenvalue weighted by Gasteiger charge is 1.98. The van der Waals surface area contributed by atoms with Crippen molar-refractivity contribution in [3.63, 3.8) is 0 Å². The average Bonchev–Trinajstić information content (AvgIpc) is 2.51. The molecule has 0 saturated heterocycles. The molecular weight excluding hydrogens is 154 g/mol. The Morgan fingerprint density at radius 1 is 1.25 bits per heavy atom. The van der Waals surface area contributed by atoms with Crippen LogP contribution in [0.3, 0.4) is 0 Å². The van der Waals surface area contributed by atoms with E-state index < -0.39 is 0 Å². The zero-order valence-corrected chi connectivity index (χ0v) is 6.49. The molecule has 0 atom stereocenters. The van der Waals surface area contributed by atoms with Gasteiger partial charge in [-0.15, -0.1) is 0 Å². The fraction of sp³-hybridized carbons (Fsp3) is 0.250. The molecule has 0 radical (unpaired) electrons. The highest BCUT2D eigenvalue weighted by molar-refractivity contribution is 5.74. The zero-order valence-electron chi connectivity index (χ0n) is 6.49. The molecule has 2 N–H and O–H groups in total. The molecule has 2 rings (SSSR count). The standard InChI is InChI=1S/C8H9N3O/c12-4-3-6-1-2-7-8(5-6)10-11-9-7/h1-2,5,12H,3-4H2,(H,9,10,11). The summed E-state index contributed by atoms with van der Waals surface area (Å²) in [6.07, 6.45) is 0.669. The smallest absolute Gasteiger partial charge is 0.113 e. The first-order valence-corrected chi connectivity index (χ1v) is 3.80. The van der Waals surface area contributed by atoms with Gasteiger partial charge in [0, 0.05) is 6.61 Å². The Kier molecular flexibility index (Phi) is 1.75. The molecule has 0 saturated carbocycles. The molecule has 0 unspecified atom stereocenters. The molecule has 4 heteroatoms. The minimum absolute atomic E-state index is 0.170. The number of aliphatic hydroxyl groups excluding tert-OH is 1. The minimum Gasteiger partial charge on any atom is -0.396 e. The third kappa shape index (κ3) is 1.16. The summed E-state index contributed by atoms with van der Waals surface area (Å²) >= 11 is 0. The third-order valence-electron chi connectivity index (χ3n) is 1.78. The number of nitrogens with zero attached hydrogens (tertiary/aromatic N) is 2. The van der Waals surface area contributed by atoms with Crippen molar-refractivity contribution in [3.8, 4) is 0 Å². The molecule has 0 fully saturated rings. The van der Waals surface area contributed by atoms with Gasteiger partial charge in [-0.3, -0.25) is 0 Å². The van der Waals surface area contributed by atoms with Crippen LogP contribution in [0.25, 0.3) is 11.0 Å². The van der Waals surface area contributed by atoms with E-state index in [2.05, 4.69) is 15.4 Å². The lowest BCUT2D eigenvalue weighted by molar-refractivity contribution is 0.299. The second-order valence-corrected chi connectivity index (χ2v) is 2.62. The van der Waals surface area contributed by atoms with Gasteiger partial charge in [0.25, 0.3) is 0 Å². The van der Waals surface area contributed by atoms with Gasteiger partial charge in [-0.2, -0.15) is 15.4 Å². The lowest BCUT2D eigenvalue weighted by Gasteiger charge is -1.95. The minimum atomic E-state index is 0.170. The summed E-state index contributed by atoms with van der Waals surface area (Å²) in [6.45, 7) is 0.170. The van der Waals surface area contributed by atoms with Crippen molar-refractivity contribution < 1.29 is 5.11 Å². The van der Waals surface area contributed by atoms with Crippen molar-refractivity contribution in [3.05, 3.63) is 23.8 Å². The summed E-state index contributed by atoms with van der Waals surface area (Å²) in [4.78, 5) is 0. The molecule has 1 aromatic carbocycles. The van der Waals surface area contributed by atoms with Crippen LogP contribution in [0.4, 0.5) is 0 Å². The number of aromatic amines is 1. The van der Waals surface area contributed by atoms with Crippen LogP contribution in [0.5, 0.6) is 0 Å². The molecule has 0 aliphatic heterocycles. The number of hydrogen-bond acceptors (Lipinski definition) is 3. The van der Waals surface area contributed by atoms with Gasteiger partial charge in [-0.1, -0.05) is 6.07 Å². The number of hydrogen-bond donors (Lipinski definition) is 2. The molecule has 1 aromatic heterocycles. The maximum Gasteiger partial charge on any atom is 0.113 e. The predicted molar refractivity (Wildman–Crippen MR) is 44.7 cm³/mol. The lowest BCUT2D eigenvalue weighted by atomic mass is 10.1. The van der Waals surface area contributed by atoms with Crippen molar-refractivity contribution in [1.29, 1.82) is 0 Å². The van der Waals surface area contributed by atoms with Crippen LogP contribution in [-0.2, 0) is 6.42 Å². The maximum atomic E-state index is 8.70. The Labute approximate surface area is 69.2 Å². The number of aromatic nitrogens is 3. The van der Waals surface area contributed by atoms with Crippen LogP contribution in [0.1, 0.15) is 5.56 Å². The van der Waals surface area contributed by atoms with E-state index in [0.717, 1.165) is 16.6 Å². The first kappa shape index (κ1) is 7.24. The monoisotopic (exact) mass is 163 g/mol. The number of nitrogens with one attached hydrogen (secondary N) is 1. The molecule has 62 valence electrons. The molecule has 0 aliphatic rings. The van der Waals surface area contributed by atoms with Crippen molar-refractivity contribution in [2.75, 3.05) is 6.61 Å². The van der Waals surface area contributed by atoms with Crippen molar-refractivity contribution >= 4 is 11.0 Å². The van der Waals surface area contributed by atoms with Gasteiger partial charge in [-0.05, 0) is 24.1 Å². The summed E-state index contributed by atoms with van der Waals surface area (Å²) in [5, 5.41) is 19.1. The third-order valence-corrected chi connectivity index (χ3v) is 1.78. The normalized spacial score (nSPS) is 10.8. The Morgan fingerprint density at radius 2 is 2.08 bits per heavy atom. The van der Waals surface area contributed by atoms with Crippen LogP contribution in [0.15, 0.2) is 18.2 Å². The molecular formula is C8H9N3O. The van der Waals surface area contributed by atoms with Gasteiger partial charge >= 0.3 is 0 Å². The number of rotatable bonds is 2. The van der Waals surface area contributed by atoms with E-state index >= 15 is 0 Å². The van der Waals surface area contributed by atoms with Gasteiger partial charge in [0.15, 0.2) is 0 Å². The second-order valence-electron chi connectivity index (χ2n) is 2.62. The summed E-state index contributed by atoms with van der Waals surface area (Å²) in [5.41, 5.74) is 2.79. The van der Waals surface area contributed by atoms with Gasteiger partial charge in [0.05, 0.1) is 0 Å². The summed E-state index contributed by atoms with van der Waals surface area (Å²) in [7, 11) is 0. The Hall–Kier alpha value is -1.42. The number of H-pyrrole nitrogens is 1. The van der Waals surface area contributed by atoms with E-state index in [4.69, 9.17) is 5.11 Å². The summed E-state index contributed by atoms with van der Waals surface area (Å²) < 4.78 is 0. The molecule has 2 aromatic rings. The lowest BCUT2D eigenvalue weighted by Crippen LogP contribution is -1.89. The van der Waals surface area contributed by atoms with Crippen molar-refractivity contribution in [2.45, 2.75) is 6.42 Å². The van der Waals surface area contributed by atoms with Crippen LogP contribution >= 0.6 is 0 Å². The Morgan fingerprint density at radius 3 is 2.92 bits per heavy atom. The number of aliphatic hydroxyl groups is 1. The fourth-order valence-corrected chi connectivity index (χ4v) is 1.17. The van der Waals surface area contributed by atoms with E-state index in [-0.39, 0.29) is 6.61 Å². The molecule has 0 bridgehead atoms. The molecule has 12 heavy (non-hydrogen) atoms. The van der Waals surface area contributed by atoms with Crippen molar-refractivity contribution in [1.82, 2.24) is 15.4 Å². The van der Waals surface area contributed by atoms with Gasteiger partial charge < -0.3 is 5.11 Å². The number of benzene rings is 1. The highest BCUT2D eigenvalue weighted by atomic mass is 16.2. The summed E-state index contributed by atoms with van der Waals surface area (Å²) in [5.74, 6) is 0. The van der Waals surface area contributed by atoms with Crippen LogP contribution in [0.2, 0.25) is 0 Å². The van der Waals surface area contributed by atoms with Gasteiger partial charge in [0.2, 0.25) is 0 Å². The quantitative estimate of drug-likeness (QED) is 0.677. The summed E-state index contributed by atoms with van der Waals surface area (Å²) in [6, 6.07) is 5.76. The van der Waals surface area contributed by atoms with E-state index in [0.29, 0.717) is 6.42 Å². The largest absolute Gasteiger partial charge is 0.396 e. The van der Waals surface area contributed by atoms with Gasteiger partial charge in [-0.25, -0.2) is 0 Å². The van der Waals surface area contributed by atoms with Crippen LogP contribution in [-0.4, -0.2) is 27.1 Å². The first-order valence-electron chi connectivity index (χ1n) is 3.80. The molecule has 0 aliphatic carbocycles. The van der Waals surface area contributed by atoms with E-state index in [1.165, 1.54) is 0 Å². The van der Waals surface area contributed by atoms with Crippen LogP contribution in [0, 0.1) is 0 Å². The van der Waals surface area contributed by atoms with Gasteiger partial charge in [0.1, 0.15) is 11.0 Å². The number of fused-ring (bicyclic) bond motifs is 1. The Balaban J connectivity index is 2.46. The van der Waals surface area contributed by atoms with E-state index in [9.17, 15) is 0 Å². The molecule has 0 amide bonds. The topological polar surface area (TPSA) is 61.8 Å². The molecule has 1 heterocycles. The maximum absolute atomic E-state index is 8.70. The highest BCUT2D eigenvalue weighted by Crippen LogP contribution is 2.10. The fourth-order valence-electron chi connectivity index (χ4n) is 1.17. The van der Waals surface area contributed by atoms with E-state index in [1.807, 2.05) is 18.2 Å². The second kappa shape index (κ2) is 2.91. The predicted octanol–water partition coefficient (Wildman–Crippen LogP) is 0.493. The molecule has 0 spiro atoms. The zero-order chi connectivity index (χ0) is 8.39. The SMILES string of the molecule is OCCc1ccc2n[nH]nc2c1.